The van der Waals surface area contributed by atoms with Crippen molar-refractivity contribution in [3.05, 3.63) is 12.7 Å². The number of fused-ring (bicyclic) bond motifs is 3. The minimum atomic E-state index is -0.638. The Labute approximate surface area is 179 Å². The summed E-state index contributed by atoms with van der Waals surface area (Å²) in [6.45, 7) is 15.0. The SMILES string of the molecule is C=C[C@@]1(C)CC[C@@H]2[C@@]3(C)C(=O)C[C@H](OC(C)=O)[C@@](C)(COC(C)=O)[C@@H]3CC[C@@]2(C)O1. The normalized spacial score (nSPS) is 45.7. The number of rotatable bonds is 4. The lowest BCUT2D eigenvalue weighted by Crippen LogP contribution is -2.68. The van der Waals surface area contributed by atoms with E-state index in [0.29, 0.717) is 0 Å². The standard InChI is InChI=1S/C24H36O6/c1-8-21(4)11-9-18-23(6,30-21)12-10-17-22(5,14-28-15(2)25)20(29-16(3)26)13-19(27)24(17,18)7/h8,17-18,20H,1,9-14H2,2-7H3/t17-,18-,20-,21-,22-,23+,24-/m0/s1. The van der Waals surface area contributed by atoms with E-state index in [-0.39, 0.29) is 36.6 Å². The third-order valence-electron chi connectivity index (χ3n) is 8.34. The van der Waals surface area contributed by atoms with Crippen LogP contribution in [-0.4, -0.2) is 41.6 Å². The van der Waals surface area contributed by atoms with E-state index < -0.39 is 34.1 Å². The van der Waals surface area contributed by atoms with Gasteiger partial charge in [0.25, 0.3) is 0 Å². The molecule has 3 fully saturated rings. The predicted octanol–water partition coefficient (Wildman–Crippen LogP) is 4.01. The van der Waals surface area contributed by atoms with Gasteiger partial charge >= 0.3 is 11.9 Å². The summed E-state index contributed by atoms with van der Waals surface area (Å²) in [6, 6.07) is 0. The van der Waals surface area contributed by atoms with Gasteiger partial charge in [-0.2, -0.15) is 0 Å². The number of esters is 2. The Kier molecular flexibility index (Phi) is 5.72. The first-order valence-corrected chi connectivity index (χ1v) is 11.0. The van der Waals surface area contributed by atoms with Crippen molar-refractivity contribution < 1.29 is 28.6 Å². The molecule has 1 aliphatic heterocycles. The van der Waals surface area contributed by atoms with Crippen LogP contribution in [0.25, 0.3) is 0 Å². The third-order valence-corrected chi connectivity index (χ3v) is 8.34. The van der Waals surface area contributed by atoms with Crippen LogP contribution in [0.15, 0.2) is 12.7 Å². The van der Waals surface area contributed by atoms with Gasteiger partial charge < -0.3 is 14.2 Å². The summed E-state index contributed by atoms with van der Waals surface area (Å²) in [5, 5.41) is 0. The monoisotopic (exact) mass is 420 g/mol. The Morgan fingerprint density at radius 1 is 1.10 bits per heavy atom. The van der Waals surface area contributed by atoms with Crippen molar-refractivity contribution >= 4 is 17.7 Å². The third kappa shape index (κ3) is 3.51. The van der Waals surface area contributed by atoms with E-state index in [4.69, 9.17) is 14.2 Å². The molecular formula is C24H36O6. The number of hydrogen-bond donors (Lipinski definition) is 0. The van der Waals surface area contributed by atoms with Crippen molar-refractivity contribution in [2.45, 2.75) is 91.0 Å². The molecule has 3 rings (SSSR count). The lowest BCUT2D eigenvalue weighted by atomic mass is 9.43. The van der Waals surface area contributed by atoms with Crippen LogP contribution in [0.4, 0.5) is 0 Å². The van der Waals surface area contributed by atoms with E-state index in [1.54, 1.807) is 0 Å². The molecule has 0 bridgehead atoms. The zero-order valence-corrected chi connectivity index (χ0v) is 19.2. The largest absolute Gasteiger partial charge is 0.465 e. The summed E-state index contributed by atoms with van der Waals surface area (Å²) in [7, 11) is 0. The molecule has 6 nitrogen and oxygen atoms in total. The average molecular weight is 421 g/mol. The molecule has 1 saturated heterocycles. The van der Waals surface area contributed by atoms with E-state index in [1.165, 1.54) is 13.8 Å². The van der Waals surface area contributed by atoms with Gasteiger partial charge in [-0.1, -0.05) is 19.9 Å². The smallest absolute Gasteiger partial charge is 0.302 e. The Morgan fingerprint density at radius 2 is 1.73 bits per heavy atom. The first kappa shape index (κ1) is 23.0. The Bertz CT molecular complexity index is 761. The number of carbonyl (C=O) groups excluding carboxylic acids is 3. The maximum Gasteiger partial charge on any atom is 0.302 e. The first-order valence-electron chi connectivity index (χ1n) is 11.0. The highest BCUT2D eigenvalue weighted by molar-refractivity contribution is 5.87. The molecule has 1 heterocycles. The maximum absolute atomic E-state index is 13.6. The van der Waals surface area contributed by atoms with Crippen LogP contribution < -0.4 is 0 Å². The van der Waals surface area contributed by atoms with Crippen molar-refractivity contribution in [3.63, 3.8) is 0 Å². The van der Waals surface area contributed by atoms with Crippen LogP contribution in [0.2, 0.25) is 0 Å². The van der Waals surface area contributed by atoms with Gasteiger partial charge in [-0.3, -0.25) is 14.4 Å². The van der Waals surface area contributed by atoms with Gasteiger partial charge in [0.2, 0.25) is 0 Å². The van der Waals surface area contributed by atoms with Crippen LogP contribution in [-0.2, 0) is 28.6 Å². The lowest BCUT2D eigenvalue weighted by Gasteiger charge is -2.65. The molecule has 2 saturated carbocycles. The van der Waals surface area contributed by atoms with E-state index in [2.05, 4.69) is 27.4 Å². The summed E-state index contributed by atoms with van der Waals surface area (Å²) >= 11 is 0. The molecule has 7 atom stereocenters. The molecule has 2 aliphatic carbocycles. The fourth-order valence-corrected chi connectivity index (χ4v) is 6.74. The van der Waals surface area contributed by atoms with Crippen molar-refractivity contribution in [3.8, 4) is 0 Å². The Morgan fingerprint density at radius 3 is 2.30 bits per heavy atom. The molecule has 30 heavy (non-hydrogen) atoms. The molecule has 0 aromatic heterocycles. The predicted molar refractivity (Wildman–Crippen MR) is 112 cm³/mol. The molecule has 0 aromatic rings. The fourth-order valence-electron chi connectivity index (χ4n) is 6.74. The molecule has 0 amide bonds. The second-order valence-electron chi connectivity index (χ2n) is 10.4. The van der Waals surface area contributed by atoms with Gasteiger partial charge in [-0.15, -0.1) is 6.58 Å². The van der Waals surface area contributed by atoms with Gasteiger partial charge in [0, 0.05) is 37.0 Å². The van der Waals surface area contributed by atoms with Gasteiger partial charge in [-0.05, 0) is 45.4 Å². The number of carbonyl (C=O) groups is 3. The van der Waals surface area contributed by atoms with Crippen molar-refractivity contribution in [2.24, 2.45) is 22.7 Å². The van der Waals surface area contributed by atoms with Crippen LogP contribution in [0.1, 0.15) is 73.6 Å². The number of ketones is 1. The minimum Gasteiger partial charge on any atom is -0.465 e. The Hall–Kier alpha value is -1.69. The molecule has 0 N–H and O–H groups in total. The highest BCUT2D eigenvalue weighted by Gasteiger charge is 2.68. The van der Waals surface area contributed by atoms with Gasteiger partial charge in [0.05, 0.1) is 11.2 Å². The number of ether oxygens (including phenoxy) is 3. The van der Waals surface area contributed by atoms with Gasteiger partial charge in [-0.25, -0.2) is 0 Å². The Balaban J connectivity index is 2.03. The van der Waals surface area contributed by atoms with Gasteiger partial charge in [0.15, 0.2) is 0 Å². The topological polar surface area (TPSA) is 78.9 Å². The summed E-state index contributed by atoms with van der Waals surface area (Å²) in [5.74, 6) is -0.724. The van der Waals surface area contributed by atoms with Crippen molar-refractivity contribution in [1.29, 1.82) is 0 Å². The molecular weight excluding hydrogens is 384 g/mol. The van der Waals surface area contributed by atoms with Crippen molar-refractivity contribution in [1.82, 2.24) is 0 Å². The van der Waals surface area contributed by atoms with E-state index in [1.807, 2.05) is 13.0 Å². The summed E-state index contributed by atoms with van der Waals surface area (Å²) < 4.78 is 17.7. The first-order chi connectivity index (χ1) is 13.8. The summed E-state index contributed by atoms with van der Waals surface area (Å²) in [4.78, 5) is 37.0. The van der Waals surface area contributed by atoms with Gasteiger partial charge in [0.1, 0.15) is 18.5 Å². The fraction of sp³-hybridized carbons (Fsp3) is 0.792. The molecule has 0 radical (unpaired) electrons. The maximum atomic E-state index is 13.6. The second-order valence-corrected chi connectivity index (χ2v) is 10.4. The lowest BCUT2D eigenvalue weighted by molar-refractivity contribution is -0.259. The van der Waals surface area contributed by atoms with E-state index in [0.717, 1.165) is 25.7 Å². The van der Waals surface area contributed by atoms with Crippen LogP contribution in [0.3, 0.4) is 0 Å². The number of Topliss-reactive ketones (excluding diaryl/α,β-unsaturated/α-hetero) is 1. The van der Waals surface area contributed by atoms with Crippen molar-refractivity contribution in [2.75, 3.05) is 6.61 Å². The highest BCUT2D eigenvalue weighted by atomic mass is 16.6. The zero-order valence-electron chi connectivity index (χ0n) is 19.2. The second kappa shape index (κ2) is 7.47. The van der Waals surface area contributed by atoms with Crippen LogP contribution in [0.5, 0.6) is 0 Å². The molecule has 6 heteroatoms. The molecule has 0 spiro atoms. The van der Waals surface area contributed by atoms with E-state index >= 15 is 0 Å². The van der Waals surface area contributed by atoms with E-state index in [9.17, 15) is 14.4 Å². The molecule has 0 unspecified atom stereocenters. The summed E-state index contributed by atoms with van der Waals surface area (Å²) in [5.41, 5.74) is -2.10. The summed E-state index contributed by atoms with van der Waals surface area (Å²) in [6.07, 6.45) is 4.59. The minimum absolute atomic E-state index is 0.0409. The molecule has 168 valence electrons. The average Bonchev–Trinajstić information content (AvgIpc) is 2.63. The quantitative estimate of drug-likeness (QED) is 0.505. The highest BCUT2D eigenvalue weighted by Crippen LogP contribution is 2.65. The van der Waals surface area contributed by atoms with Crippen LogP contribution in [0, 0.1) is 22.7 Å². The zero-order chi connectivity index (χ0) is 22.5. The number of hydrogen-bond acceptors (Lipinski definition) is 6. The molecule has 0 aromatic carbocycles. The van der Waals surface area contributed by atoms with Crippen LogP contribution >= 0.6 is 0 Å². The molecule has 3 aliphatic rings.